The van der Waals surface area contributed by atoms with Gasteiger partial charge in [0.1, 0.15) is 0 Å². The van der Waals surface area contributed by atoms with E-state index >= 15 is 0 Å². The van der Waals surface area contributed by atoms with Crippen LogP contribution in [0.5, 0.6) is 0 Å². The Hall–Kier alpha value is -3.12. The molecular weight excluding hydrogens is 274 g/mol. The first-order valence-corrected chi connectivity index (χ1v) is 6.93. The van der Waals surface area contributed by atoms with Gasteiger partial charge < -0.3 is 5.32 Å². The van der Waals surface area contributed by atoms with Crippen LogP contribution < -0.4 is 5.32 Å². The molecule has 0 radical (unpaired) electrons. The molecule has 1 N–H and O–H groups in total. The van der Waals surface area contributed by atoms with Gasteiger partial charge in [-0.15, -0.1) is 0 Å². The Labute approximate surface area is 128 Å². The first-order chi connectivity index (χ1) is 10.8. The van der Waals surface area contributed by atoms with Crippen molar-refractivity contribution in [3.8, 4) is 11.8 Å². The summed E-state index contributed by atoms with van der Waals surface area (Å²) >= 11 is 0. The van der Waals surface area contributed by atoms with Crippen molar-refractivity contribution in [2.45, 2.75) is 0 Å². The summed E-state index contributed by atoms with van der Waals surface area (Å²) in [7, 11) is 0. The number of carbonyl (C=O) groups excluding carboxylic acids is 2. The second-order valence-electron chi connectivity index (χ2n) is 4.82. The van der Waals surface area contributed by atoms with Crippen molar-refractivity contribution in [2.75, 3.05) is 6.54 Å². The van der Waals surface area contributed by atoms with Gasteiger partial charge in [-0.2, -0.15) is 0 Å². The van der Waals surface area contributed by atoms with Gasteiger partial charge in [0, 0.05) is 22.8 Å². The van der Waals surface area contributed by atoms with E-state index in [1.807, 2.05) is 30.3 Å². The minimum absolute atomic E-state index is 0.159. The van der Waals surface area contributed by atoms with E-state index in [2.05, 4.69) is 17.2 Å². The van der Waals surface area contributed by atoms with Crippen molar-refractivity contribution in [1.82, 2.24) is 5.32 Å². The maximum absolute atomic E-state index is 12.3. The summed E-state index contributed by atoms with van der Waals surface area (Å²) in [6, 6.07) is 16.4. The van der Waals surface area contributed by atoms with Crippen LogP contribution in [-0.2, 0) is 0 Å². The third kappa shape index (κ3) is 2.82. The molecule has 0 aliphatic heterocycles. The monoisotopic (exact) mass is 287 g/mol. The normalized spacial score (nSPS) is 12.8. The molecule has 3 nitrogen and oxygen atoms in total. The first kappa shape index (κ1) is 13.8. The molecule has 1 aliphatic carbocycles. The molecule has 0 fully saturated rings. The minimum atomic E-state index is -0.170. The number of allylic oxidation sites excluding steroid dienone is 2. The van der Waals surface area contributed by atoms with Crippen molar-refractivity contribution in [2.24, 2.45) is 0 Å². The molecule has 0 bridgehead atoms. The maximum atomic E-state index is 12.3. The minimum Gasteiger partial charge on any atom is -0.371 e. The average molecular weight is 287 g/mol. The average Bonchev–Trinajstić information content (AvgIpc) is 2.57. The summed E-state index contributed by atoms with van der Waals surface area (Å²) in [4.78, 5) is 24.3. The van der Waals surface area contributed by atoms with Crippen LogP contribution >= 0.6 is 0 Å². The van der Waals surface area contributed by atoms with Gasteiger partial charge in [-0.05, 0) is 12.1 Å². The predicted molar refractivity (Wildman–Crippen MR) is 84.5 cm³/mol. The predicted octanol–water partition coefficient (Wildman–Crippen LogP) is 2.59. The molecule has 2 aromatic rings. The number of hydrogen-bond donors (Lipinski definition) is 1. The Morgan fingerprint density at radius 2 is 1.55 bits per heavy atom. The van der Waals surface area contributed by atoms with Gasteiger partial charge >= 0.3 is 0 Å². The van der Waals surface area contributed by atoms with Crippen LogP contribution in [0.4, 0.5) is 0 Å². The van der Waals surface area contributed by atoms with E-state index in [9.17, 15) is 9.59 Å². The second kappa shape index (κ2) is 6.11. The van der Waals surface area contributed by atoms with Crippen molar-refractivity contribution in [3.63, 3.8) is 0 Å². The Morgan fingerprint density at radius 3 is 2.32 bits per heavy atom. The van der Waals surface area contributed by atoms with Crippen LogP contribution in [0.2, 0.25) is 0 Å². The van der Waals surface area contributed by atoms with E-state index < -0.39 is 0 Å². The molecule has 0 amide bonds. The van der Waals surface area contributed by atoms with Gasteiger partial charge in [-0.3, -0.25) is 9.59 Å². The lowest BCUT2D eigenvalue weighted by molar-refractivity contribution is 0.0979. The smallest absolute Gasteiger partial charge is 0.209 e. The molecule has 0 unspecified atom stereocenters. The second-order valence-corrected chi connectivity index (χ2v) is 4.82. The molecule has 0 heterocycles. The standard InChI is InChI=1S/C19H13NO2/c21-18-13-17(19(22)16-11-5-4-10-15(16)18)20-12-6-9-14-7-2-1-3-8-14/h1-5,7-8,10-11,13,20H,12H2. The van der Waals surface area contributed by atoms with E-state index in [0.29, 0.717) is 23.4 Å². The summed E-state index contributed by atoms with van der Waals surface area (Å²) in [6.45, 7) is 0.307. The van der Waals surface area contributed by atoms with Crippen LogP contribution in [0.25, 0.3) is 0 Å². The van der Waals surface area contributed by atoms with Gasteiger partial charge in [0.05, 0.1) is 12.2 Å². The highest BCUT2D eigenvalue weighted by Crippen LogP contribution is 2.19. The number of fused-ring (bicyclic) bond motifs is 1. The van der Waals surface area contributed by atoms with Crippen LogP contribution in [0, 0.1) is 11.8 Å². The topological polar surface area (TPSA) is 46.2 Å². The fourth-order valence-corrected chi connectivity index (χ4v) is 2.25. The van der Waals surface area contributed by atoms with Crippen molar-refractivity contribution >= 4 is 11.6 Å². The Morgan fingerprint density at radius 1 is 0.864 bits per heavy atom. The highest BCUT2D eigenvalue weighted by molar-refractivity contribution is 6.24. The van der Waals surface area contributed by atoms with E-state index in [0.717, 1.165) is 5.56 Å². The number of benzene rings is 2. The number of carbonyl (C=O) groups is 2. The Kier molecular flexibility index (Phi) is 3.84. The number of ketones is 2. The molecule has 3 heteroatoms. The Bertz CT molecular complexity index is 823. The van der Waals surface area contributed by atoms with Gasteiger partial charge in [-0.25, -0.2) is 0 Å². The van der Waals surface area contributed by atoms with Crippen molar-refractivity contribution in [1.29, 1.82) is 0 Å². The highest BCUT2D eigenvalue weighted by atomic mass is 16.1. The van der Waals surface area contributed by atoms with Gasteiger partial charge in [0.25, 0.3) is 0 Å². The van der Waals surface area contributed by atoms with E-state index in [1.165, 1.54) is 6.08 Å². The summed E-state index contributed by atoms with van der Waals surface area (Å²) < 4.78 is 0. The van der Waals surface area contributed by atoms with Crippen molar-refractivity contribution < 1.29 is 9.59 Å². The van der Waals surface area contributed by atoms with Crippen LogP contribution in [0.1, 0.15) is 26.3 Å². The zero-order valence-corrected chi connectivity index (χ0v) is 11.8. The fourth-order valence-electron chi connectivity index (χ4n) is 2.25. The third-order valence-corrected chi connectivity index (χ3v) is 3.33. The van der Waals surface area contributed by atoms with Crippen LogP contribution in [-0.4, -0.2) is 18.1 Å². The molecule has 0 saturated heterocycles. The molecule has 0 saturated carbocycles. The third-order valence-electron chi connectivity index (χ3n) is 3.33. The number of hydrogen-bond acceptors (Lipinski definition) is 3. The summed E-state index contributed by atoms with van der Waals surface area (Å²) in [5, 5.41) is 2.93. The van der Waals surface area contributed by atoms with Crippen molar-refractivity contribution in [3.05, 3.63) is 83.1 Å². The van der Waals surface area contributed by atoms with E-state index in [4.69, 9.17) is 0 Å². The molecule has 1 aliphatic rings. The zero-order chi connectivity index (χ0) is 15.4. The molecule has 2 aromatic carbocycles. The van der Waals surface area contributed by atoms with Gasteiger partial charge in [0.15, 0.2) is 5.78 Å². The largest absolute Gasteiger partial charge is 0.371 e. The Balaban J connectivity index is 1.71. The zero-order valence-electron chi connectivity index (χ0n) is 11.8. The lowest BCUT2D eigenvalue weighted by Crippen LogP contribution is -2.27. The highest BCUT2D eigenvalue weighted by Gasteiger charge is 2.24. The molecular formula is C19H13NO2. The first-order valence-electron chi connectivity index (χ1n) is 6.93. The SMILES string of the molecule is O=C1C=C(NCC#Cc2ccccc2)C(=O)c2ccccc21. The lowest BCUT2D eigenvalue weighted by atomic mass is 9.93. The maximum Gasteiger partial charge on any atom is 0.209 e. The quantitative estimate of drug-likeness (QED) is 0.864. The number of nitrogens with one attached hydrogen (secondary N) is 1. The van der Waals surface area contributed by atoms with E-state index in [1.54, 1.807) is 24.3 Å². The van der Waals surface area contributed by atoms with Gasteiger partial charge in [-0.1, -0.05) is 54.3 Å². The molecule has 3 rings (SSSR count). The molecule has 0 atom stereocenters. The van der Waals surface area contributed by atoms with Crippen LogP contribution in [0.3, 0.4) is 0 Å². The fraction of sp³-hybridized carbons (Fsp3) is 0.0526. The molecule has 0 aromatic heterocycles. The summed E-state index contributed by atoms with van der Waals surface area (Å²) in [6.07, 6.45) is 1.34. The summed E-state index contributed by atoms with van der Waals surface area (Å²) in [5.74, 6) is 5.61. The molecule has 0 spiro atoms. The lowest BCUT2D eigenvalue weighted by Gasteiger charge is -2.14. The number of Topliss-reactive ketones (excluding diaryl/α,β-unsaturated/α-hetero) is 1. The molecule has 106 valence electrons. The number of rotatable bonds is 2. The van der Waals surface area contributed by atoms with E-state index in [-0.39, 0.29) is 11.6 Å². The van der Waals surface area contributed by atoms with Crippen LogP contribution in [0.15, 0.2) is 66.4 Å². The van der Waals surface area contributed by atoms with Gasteiger partial charge in [0.2, 0.25) is 5.78 Å². The summed E-state index contributed by atoms with van der Waals surface area (Å²) in [5.41, 5.74) is 2.10. The molecule has 22 heavy (non-hydrogen) atoms.